The van der Waals surface area contributed by atoms with E-state index in [2.05, 4.69) is 36.9 Å². The molecule has 5 heteroatoms. The highest BCUT2D eigenvalue weighted by Gasteiger charge is 2.49. The van der Waals surface area contributed by atoms with Crippen LogP contribution in [0.5, 0.6) is 0 Å². The Hall–Kier alpha value is -2.15. The standard InChI is InChI=1S/C27H30O4S/c28-23-16-24(29)26(32)31-25(23)27(17-20-10-4-1-5-11-20,18-21-12-6-2-7-13-21)30-19-22-14-8-3-9-15-22/h1-15,23-26,28-29,32H,16-19H2/t23-,24+,25-,26-/m0/s1. The Labute approximate surface area is 195 Å². The molecule has 4 rings (SSSR count). The Balaban J connectivity index is 1.74. The van der Waals surface area contributed by atoms with E-state index in [1.807, 2.05) is 66.7 Å². The molecule has 0 bridgehead atoms. The van der Waals surface area contributed by atoms with Gasteiger partial charge in [-0.15, -0.1) is 12.6 Å². The molecule has 1 heterocycles. The molecule has 0 aliphatic carbocycles. The second-order valence-corrected chi connectivity index (χ2v) is 8.99. The van der Waals surface area contributed by atoms with Gasteiger partial charge in [0.25, 0.3) is 0 Å². The van der Waals surface area contributed by atoms with Gasteiger partial charge in [0.15, 0.2) is 0 Å². The van der Waals surface area contributed by atoms with Crippen LogP contribution in [-0.4, -0.2) is 39.6 Å². The van der Waals surface area contributed by atoms with Crippen molar-refractivity contribution in [2.45, 2.75) is 55.2 Å². The molecule has 168 valence electrons. The van der Waals surface area contributed by atoms with E-state index in [4.69, 9.17) is 9.47 Å². The number of ether oxygens (including phenoxy) is 2. The van der Waals surface area contributed by atoms with E-state index in [1.54, 1.807) is 0 Å². The van der Waals surface area contributed by atoms with Gasteiger partial charge >= 0.3 is 0 Å². The fourth-order valence-corrected chi connectivity index (χ4v) is 4.68. The van der Waals surface area contributed by atoms with Crippen LogP contribution in [0.3, 0.4) is 0 Å². The van der Waals surface area contributed by atoms with Gasteiger partial charge < -0.3 is 19.7 Å². The number of hydrogen-bond donors (Lipinski definition) is 3. The Bertz CT molecular complexity index is 910. The number of aliphatic hydroxyl groups is 2. The summed E-state index contributed by atoms with van der Waals surface area (Å²) in [6.07, 6.45) is -1.07. The second kappa shape index (κ2) is 10.6. The zero-order valence-corrected chi connectivity index (χ0v) is 18.9. The van der Waals surface area contributed by atoms with Gasteiger partial charge in [0.05, 0.1) is 18.8 Å². The zero-order chi connectivity index (χ0) is 22.4. The topological polar surface area (TPSA) is 58.9 Å². The second-order valence-electron chi connectivity index (χ2n) is 8.48. The van der Waals surface area contributed by atoms with Gasteiger partial charge in [-0.25, -0.2) is 0 Å². The highest BCUT2D eigenvalue weighted by molar-refractivity contribution is 7.80. The largest absolute Gasteiger partial charge is 0.390 e. The van der Waals surface area contributed by atoms with Crippen molar-refractivity contribution < 1.29 is 19.7 Å². The van der Waals surface area contributed by atoms with Gasteiger partial charge in [0.2, 0.25) is 0 Å². The van der Waals surface area contributed by atoms with Gasteiger partial charge in [-0.3, -0.25) is 0 Å². The molecule has 0 aromatic heterocycles. The lowest BCUT2D eigenvalue weighted by atomic mass is 9.78. The molecule has 3 aromatic rings. The van der Waals surface area contributed by atoms with Crippen molar-refractivity contribution >= 4 is 12.6 Å². The van der Waals surface area contributed by atoms with E-state index in [0.717, 1.165) is 16.7 Å². The molecule has 4 atom stereocenters. The molecular formula is C27H30O4S. The SMILES string of the molecule is O[C@@H]1C[C@H](O)[C@@H](C(Cc2ccccc2)(Cc2ccccc2)OCc2ccccc2)O[C@H]1S. The first-order chi connectivity index (χ1) is 15.6. The maximum atomic E-state index is 11.0. The van der Waals surface area contributed by atoms with E-state index in [-0.39, 0.29) is 6.42 Å². The Morgan fingerprint density at radius 1 is 0.750 bits per heavy atom. The number of thiol groups is 1. The summed E-state index contributed by atoms with van der Waals surface area (Å²) in [5.41, 5.74) is 1.68. The minimum absolute atomic E-state index is 0.193. The lowest BCUT2D eigenvalue weighted by Crippen LogP contribution is -2.60. The fraction of sp³-hybridized carbons (Fsp3) is 0.333. The van der Waals surface area contributed by atoms with Gasteiger partial charge in [-0.05, 0) is 16.7 Å². The summed E-state index contributed by atoms with van der Waals surface area (Å²) >= 11 is 4.44. The number of rotatable bonds is 8. The van der Waals surface area contributed by atoms with Crippen LogP contribution in [0.1, 0.15) is 23.1 Å². The smallest absolute Gasteiger partial charge is 0.127 e. The summed E-state index contributed by atoms with van der Waals surface area (Å²) in [6, 6.07) is 30.2. The van der Waals surface area contributed by atoms with Gasteiger partial charge in [0.1, 0.15) is 17.1 Å². The van der Waals surface area contributed by atoms with Crippen molar-refractivity contribution in [3.8, 4) is 0 Å². The van der Waals surface area contributed by atoms with E-state index in [0.29, 0.717) is 19.4 Å². The summed E-state index contributed by atoms with van der Waals surface area (Å²) in [6.45, 7) is 0.382. The van der Waals surface area contributed by atoms with Crippen molar-refractivity contribution in [2.24, 2.45) is 0 Å². The van der Waals surface area contributed by atoms with Crippen molar-refractivity contribution in [2.75, 3.05) is 0 Å². The van der Waals surface area contributed by atoms with Crippen LogP contribution in [0.15, 0.2) is 91.0 Å². The molecule has 1 aliphatic rings. The molecule has 0 saturated carbocycles. The highest BCUT2D eigenvalue weighted by atomic mass is 32.1. The van der Waals surface area contributed by atoms with E-state index >= 15 is 0 Å². The van der Waals surface area contributed by atoms with E-state index < -0.39 is 29.3 Å². The third-order valence-electron chi connectivity index (χ3n) is 6.03. The number of hydrogen-bond acceptors (Lipinski definition) is 5. The molecule has 32 heavy (non-hydrogen) atoms. The van der Waals surface area contributed by atoms with E-state index in [1.165, 1.54) is 0 Å². The molecule has 0 spiro atoms. The molecule has 4 nitrogen and oxygen atoms in total. The number of benzene rings is 3. The van der Waals surface area contributed by atoms with Crippen molar-refractivity contribution in [3.63, 3.8) is 0 Å². The molecule has 1 fully saturated rings. The molecule has 0 unspecified atom stereocenters. The summed E-state index contributed by atoms with van der Waals surface area (Å²) in [4.78, 5) is 0. The zero-order valence-electron chi connectivity index (χ0n) is 18.0. The normalized spacial score (nSPS) is 23.7. The van der Waals surface area contributed by atoms with Gasteiger partial charge in [0, 0.05) is 19.3 Å². The first-order valence-corrected chi connectivity index (χ1v) is 11.5. The molecule has 0 radical (unpaired) electrons. The Kier molecular flexibility index (Phi) is 7.66. The van der Waals surface area contributed by atoms with Crippen LogP contribution >= 0.6 is 12.6 Å². The maximum Gasteiger partial charge on any atom is 0.127 e. The maximum absolute atomic E-state index is 11.0. The Morgan fingerprint density at radius 3 is 1.72 bits per heavy atom. The fourth-order valence-electron chi connectivity index (χ4n) is 4.43. The number of aliphatic hydroxyl groups excluding tert-OH is 2. The summed E-state index contributed by atoms with van der Waals surface area (Å²) < 4.78 is 12.9. The van der Waals surface area contributed by atoms with Crippen LogP contribution in [0.25, 0.3) is 0 Å². The summed E-state index contributed by atoms with van der Waals surface area (Å²) in [7, 11) is 0. The summed E-state index contributed by atoms with van der Waals surface area (Å²) in [5.74, 6) is 0. The minimum Gasteiger partial charge on any atom is -0.390 e. The first kappa shape index (κ1) is 23.0. The average Bonchev–Trinajstić information content (AvgIpc) is 2.82. The van der Waals surface area contributed by atoms with E-state index in [9.17, 15) is 10.2 Å². The van der Waals surface area contributed by atoms with Crippen molar-refractivity contribution in [3.05, 3.63) is 108 Å². The lowest BCUT2D eigenvalue weighted by molar-refractivity contribution is -0.226. The molecule has 1 aliphatic heterocycles. The highest BCUT2D eigenvalue weighted by Crippen LogP contribution is 2.37. The predicted octanol–water partition coefficient (Wildman–Crippen LogP) is 4.19. The van der Waals surface area contributed by atoms with Crippen LogP contribution in [-0.2, 0) is 28.9 Å². The van der Waals surface area contributed by atoms with Crippen LogP contribution in [0, 0.1) is 0 Å². The van der Waals surface area contributed by atoms with Crippen LogP contribution < -0.4 is 0 Å². The predicted molar refractivity (Wildman–Crippen MR) is 129 cm³/mol. The minimum atomic E-state index is -0.878. The Morgan fingerprint density at radius 2 is 1.22 bits per heavy atom. The van der Waals surface area contributed by atoms with Gasteiger partial charge in [-0.1, -0.05) is 91.0 Å². The lowest BCUT2D eigenvalue weighted by Gasteiger charge is -2.47. The third-order valence-corrected chi connectivity index (χ3v) is 6.49. The van der Waals surface area contributed by atoms with Crippen LogP contribution in [0.2, 0.25) is 0 Å². The molecule has 1 saturated heterocycles. The molecule has 2 N–H and O–H groups in total. The quantitative estimate of drug-likeness (QED) is 0.451. The first-order valence-electron chi connectivity index (χ1n) is 11.0. The third kappa shape index (κ3) is 5.61. The van der Waals surface area contributed by atoms with Crippen LogP contribution in [0.4, 0.5) is 0 Å². The average molecular weight is 451 g/mol. The summed E-state index contributed by atoms with van der Waals surface area (Å²) in [5, 5.41) is 21.3. The molecular weight excluding hydrogens is 420 g/mol. The molecule has 3 aromatic carbocycles. The molecule has 0 amide bonds. The van der Waals surface area contributed by atoms with Crippen molar-refractivity contribution in [1.29, 1.82) is 0 Å². The monoisotopic (exact) mass is 450 g/mol. The van der Waals surface area contributed by atoms with Gasteiger partial charge in [-0.2, -0.15) is 0 Å². The van der Waals surface area contributed by atoms with Crippen molar-refractivity contribution in [1.82, 2.24) is 0 Å².